The Bertz CT molecular complexity index is 800. The van der Waals surface area contributed by atoms with Crippen LogP contribution in [0.25, 0.3) is 0 Å². The lowest BCUT2D eigenvalue weighted by atomic mass is 9.93. The van der Waals surface area contributed by atoms with Crippen LogP contribution in [0.15, 0.2) is 41.3 Å². The summed E-state index contributed by atoms with van der Waals surface area (Å²) in [4.78, 5) is 12.6. The van der Waals surface area contributed by atoms with E-state index in [-0.39, 0.29) is 16.2 Å². The fourth-order valence-corrected chi connectivity index (χ4v) is 3.31. The van der Waals surface area contributed by atoms with Crippen LogP contribution in [0.2, 0.25) is 0 Å². The van der Waals surface area contributed by atoms with E-state index in [0.717, 1.165) is 16.7 Å². The smallest absolute Gasteiger partial charge is 0.238 e. The number of primary sulfonamides is 1. The molecule has 0 unspecified atom stereocenters. The van der Waals surface area contributed by atoms with Gasteiger partial charge in [-0.25, -0.2) is 13.6 Å². The first-order valence-electron chi connectivity index (χ1n) is 6.46. The average Bonchev–Trinajstić information content (AvgIpc) is 2.36. The van der Waals surface area contributed by atoms with Crippen molar-refractivity contribution in [2.24, 2.45) is 5.14 Å². The summed E-state index contributed by atoms with van der Waals surface area (Å²) in [5, 5.41) is 5.19. The first-order chi connectivity index (χ1) is 9.71. The van der Waals surface area contributed by atoms with Crippen LogP contribution in [0.4, 0.5) is 0 Å². The van der Waals surface area contributed by atoms with Crippen LogP contribution < -0.4 is 5.14 Å². The average molecular weight is 303 g/mol. The molecule has 0 aliphatic rings. The van der Waals surface area contributed by atoms with E-state index >= 15 is 0 Å². The second kappa shape index (κ2) is 5.42. The second-order valence-corrected chi connectivity index (χ2v) is 6.67. The van der Waals surface area contributed by atoms with Crippen LogP contribution >= 0.6 is 0 Å². The quantitative estimate of drug-likeness (QED) is 0.885. The molecule has 0 radical (unpaired) electrons. The topological polar surface area (TPSA) is 77.2 Å². The molecule has 0 bridgehead atoms. The van der Waals surface area contributed by atoms with Gasteiger partial charge in [0.1, 0.15) is 0 Å². The summed E-state index contributed by atoms with van der Waals surface area (Å²) in [6.07, 6.45) is 0. The third-order valence-corrected chi connectivity index (χ3v) is 4.31. The number of nitrogens with two attached hydrogens (primary N) is 1. The van der Waals surface area contributed by atoms with Crippen molar-refractivity contribution in [1.29, 1.82) is 0 Å². The zero-order chi connectivity index (χ0) is 15.8. The maximum Gasteiger partial charge on any atom is 0.238 e. The number of rotatable bonds is 3. The summed E-state index contributed by atoms with van der Waals surface area (Å²) in [7, 11) is -3.94. The van der Waals surface area contributed by atoms with E-state index in [1.807, 2.05) is 32.9 Å². The highest BCUT2D eigenvalue weighted by atomic mass is 32.2. The van der Waals surface area contributed by atoms with Crippen LogP contribution in [-0.2, 0) is 10.0 Å². The molecule has 0 fully saturated rings. The Balaban J connectivity index is 2.68. The molecule has 0 aliphatic heterocycles. The van der Waals surface area contributed by atoms with Crippen LogP contribution in [0.5, 0.6) is 0 Å². The molecule has 21 heavy (non-hydrogen) atoms. The minimum Gasteiger partial charge on any atom is -0.289 e. The van der Waals surface area contributed by atoms with E-state index in [1.54, 1.807) is 12.1 Å². The van der Waals surface area contributed by atoms with Crippen molar-refractivity contribution in [2.45, 2.75) is 25.7 Å². The van der Waals surface area contributed by atoms with Gasteiger partial charge < -0.3 is 0 Å². The van der Waals surface area contributed by atoms with E-state index in [1.165, 1.54) is 12.1 Å². The van der Waals surface area contributed by atoms with Crippen molar-refractivity contribution in [3.63, 3.8) is 0 Å². The largest absolute Gasteiger partial charge is 0.289 e. The van der Waals surface area contributed by atoms with Gasteiger partial charge in [0.15, 0.2) is 5.78 Å². The van der Waals surface area contributed by atoms with Gasteiger partial charge >= 0.3 is 0 Å². The van der Waals surface area contributed by atoms with Crippen molar-refractivity contribution < 1.29 is 13.2 Å². The molecule has 2 aromatic carbocycles. The summed E-state index contributed by atoms with van der Waals surface area (Å²) in [6, 6.07) is 9.81. The normalized spacial score (nSPS) is 11.4. The van der Waals surface area contributed by atoms with E-state index in [0.29, 0.717) is 5.56 Å². The predicted octanol–water partition coefficient (Wildman–Crippen LogP) is 2.49. The summed E-state index contributed by atoms with van der Waals surface area (Å²) in [6.45, 7) is 5.63. The minimum absolute atomic E-state index is 0.107. The number of aryl methyl sites for hydroxylation is 3. The molecule has 0 saturated heterocycles. The molecule has 2 rings (SSSR count). The fraction of sp³-hybridized carbons (Fsp3) is 0.188. The number of carbonyl (C=O) groups is 1. The van der Waals surface area contributed by atoms with Crippen molar-refractivity contribution >= 4 is 15.8 Å². The molecule has 0 heterocycles. The number of hydrogen-bond donors (Lipinski definition) is 1. The maximum atomic E-state index is 12.7. The third kappa shape index (κ3) is 3.04. The van der Waals surface area contributed by atoms with E-state index in [2.05, 4.69) is 0 Å². The molecular formula is C16H17NO3S. The van der Waals surface area contributed by atoms with Gasteiger partial charge in [0.2, 0.25) is 10.0 Å². The third-order valence-electron chi connectivity index (χ3n) is 3.34. The molecule has 0 spiro atoms. The van der Waals surface area contributed by atoms with Gasteiger partial charge in [0.05, 0.1) is 4.90 Å². The lowest BCUT2D eigenvalue weighted by Crippen LogP contribution is -2.18. The van der Waals surface area contributed by atoms with Gasteiger partial charge in [-0.2, -0.15) is 0 Å². The van der Waals surface area contributed by atoms with Gasteiger partial charge in [0.25, 0.3) is 0 Å². The first-order valence-corrected chi connectivity index (χ1v) is 8.01. The van der Waals surface area contributed by atoms with E-state index < -0.39 is 10.0 Å². The lowest BCUT2D eigenvalue weighted by Gasteiger charge is -2.12. The molecule has 4 nitrogen and oxygen atoms in total. The Kier molecular flexibility index (Phi) is 3.98. The molecular weight excluding hydrogens is 286 g/mol. The fourth-order valence-electron chi connectivity index (χ4n) is 2.58. The highest BCUT2D eigenvalue weighted by Gasteiger charge is 2.22. The molecule has 0 saturated carbocycles. The Morgan fingerprint density at radius 2 is 1.52 bits per heavy atom. The standard InChI is InChI=1S/C16H17NO3S/c1-10-8-11(2)15(12(3)9-10)16(18)13-6-4-5-7-14(13)21(17,19)20/h4-9H,1-3H3,(H2,17,19,20). The van der Waals surface area contributed by atoms with Crippen LogP contribution in [-0.4, -0.2) is 14.2 Å². The maximum absolute atomic E-state index is 12.7. The lowest BCUT2D eigenvalue weighted by molar-refractivity contribution is 0.103. The SMILES string of the molecule is Cc1cc(C)c(C(=O)c2ccccc2S(N)(=O)=O)c(C)c1. The number of carbonyl (C=O) groups excluding carboxylic acids is 1. The number of sulfonamides is 1. The molecule has 0 aromatic heterocycles. The summed E-state index contributed by atoms with van der Waals surface area (Å²) >= 11 is 0. The minimum atomic E-state index is -3.94. The van der Waals surface area contributed by atoms with E-state index in [9.17, 15) is 13.2 Å². The van der Waals surface area contributed by atoms with Gasteiger partial charge in [-0.3, -0.25) is 4.79 Å². The van der Waals surface area contributed by atoms with Crippen LogP contribution in [0.1, 0.15) is 32.6 Å². The Labute approximate surface area is 124 Å². The van der Waals surface area contributed by atoms with Crippen molar-refractivity contribution in [1.82, 2.24) is 0 Å². The summed E-state index contributed by atoms with van der Waals surface area (Å²) in [5.74, 6) is -0.324. The molecule has 5 heteroatoms. The van der Waals surface area contributed by atoms with E-state index in [4.69, 9.17) is 5.14 Å². The Morgan fingerprint density at radius 1 is 1.00 bits per heavy atom. The first kappa shape index (κ1) is 15.4. The molecule has 0 aliphatic carbocycles. The van der Waals surface area contributed by atoms with Crippen molar-refractivity contribution in [3.8, 4) is 0 Å². The van der Waals surface area contributed by atoms with Gasteiger partial charge in [0, 0.05) is 11.1 Å². The zero-order valence-corrected chi connectivity index (χ0v) is 13.0. The van der Waals surface area contributed by atoms with Gasteiger partial charge in [-0.05, 0) is 44.0 Å². The van der Waals surface area contributed by atoms with Crippen molar-refractivity contribution in [2.75, 3.05) is 0 Å². The zero-order valence-electron chi connectivity index (χ0n) is 12.2. The molecule has 2 N–H and O–H groups in total. The highest BCUT2D eigenvalue weighted by Crippen LogP contribution is 2.23. The Hall–Kier alpha value is -1.98. The molecule has 0 atom stereocenters. The van der Waals surface area contributed by atoms with Crippen LogP contribution in [0.3, 0.4) is 0 Å². The van der Waals surface area contributed by atoms with Crippen LogP contribution in [0, 0.1) is 20.8 Å². The molecule has 0 amide bonds. The predicted molar refractivity (Wildman–Crippen MR) is 81.9 cm³/mol. The van der Waals surface area contributed by atoms with Crippen molar-refractivity contribution in [3.05, 3.63) is 64.2 Å². The summed E-state index contributed by atoms with van der Waals surface area (Å²) < 4.78 is 23.3. The monoisotopic (exact) mass is 303 g/mol. The molecule has 2 aromatic rings. The summed E-state index contributed by atoms with van der Waals surface area (Å²) in [5.41, 5.74) is 3.33. The highest BCUT2D eigenvalue weighted by molar-refractivity contribution is 7.89. The number of hydrogen-bond acceptors (Lipinski definition) is 3. The number of ketones is 1. The van der Waals surface area contributed by atoms with Gasteiger partial charge in [-0.1, -0.05) is 29.8 Å². The Morgan fingerprint density at radius 3 is 2.05 bits per heavy atom. The second-order valence-electron chi connectivity index (χ2n) is 5.14. The van der Waals surface area contributed by atoms with Gasteiger partial charge in [-0.15, -0.1) is 0 Å². The molecule has 110 valence electrons. The number of benzene rings is 2.